The number of carbonyl (C=O) groups excluding carboxylic acids is 2. The Hall–Kier alpha value is -1.72. The van der Waals surface area contributed by atoms with Crippen LogP contribution < -0.4 is 0 Å². The molecule has 2 heterocycles. The van der Waals surface area contributed by atoms with Crippen LogP contribution in [-0.4, -0.2) is 41.5 Å². The van der Waals surface area contributed by atoms with Crippen LogP contribution in [0, 0.1) is 0 Å². The Morgan fingerprint density at radius 3 is 2.64 bits per heavy atom. The topological polar surface area (TPSA) is 40.6 Å². The van der Waals surface area contributed by atoms with Gasteiger partial charge in [-0.3, -0.25) is 14.5 Å². The molecule has 0 aromatic heterocycles. The summed E-state index contributed by atoms with van der Waals surface area (Å²) >= 11 is 12.5. The minimum atomic E-state index is -0.567. The van der Waals surface area contributed by atoms with E-state index in [2.05, 4.69) is 16.8 Å². The van der Waals surface area contributed by atoms with Crippen molar-refractivity contribution in [2.24, 2.45) is 0 Å². The molecule has 4 rings (SSSR count). The fourth-order valence-corrected chi connectivity index (χ4v) is 5.02. The third kappa shape index (κ3) is 3.39. The van der Waals surface area contributed by atoms with E-state index in [-0.39, 0.29) is 12.1 Å². The second kappa shape index (κ2) is 7.96. The zero-order valence-electron chi connectivity index (χ0n) is 15.6. The maximum absolute atomic E-state index is 12.7. The Labute approximate surface area is 175 Å². The fraction of sp³-hybridized carbons (Fsp3) is 0.364. The zero-order chi connectivity index (χ0) is 19.8. The number of rotatable bonds is 5. The van der Waals surface area contributed by atoms with E-state index >= 15 is 0 Å². The van der Waals surface area contributed by atoms with E-state index in [4.69, 9.17) is 23.2 Å². The van der Waals surface area contributed by atoms with Crippen molar-refractivity contribution in [1.82, 2.24) is 9.80 Å². The molecule has 0 radical (unpaired) electrons. The minimum absolute atomic E-state index is 0.0661. The number of halogens is 2. The predicted octanol–water partition coefficient (Wildman–Crippen LogP) is 4.45. The van der Waals surface area contributed by atoms with E-state index in [0.29, 0.717) is 22.9 Å². The summed E-state index contributed by atoms with van der Waals surface area (Å²) < 4.78 is 0. The van der Waals surface area contributed by atoms with Crippen LogP contribution in [0.2, 0.25) is 10.0 Å². The SMILES string of the molecule is CN1CCCC1[C@H](c1ccc(Cl)c(Cl)c1)N1Cc2ccccc2C1C(=O)C=O. The largest absolute Gasteiger partial charge is 0.302 e. The van der Waals surface area contributed by atoms with Crippen LogP contribution in [0.3, 0.4) is 0 Å². The van der Waals surface area contributed by atoms with E-state index in [0.717, 1.165) is 36.1 Å². The third-order valence-corrected chi connectivity index (χ3v) is 6.74. The predicted molar refractivity (Wildman–Crippen MR) is 111 cm³/mol. The van der Waals surface area contributed by atoms with Crippen LogP contribution >= 0.6 is 23.2 Å². The number of aldehydes is 1. The summed E-state index contributed by atoms with van der Waals surface area (Å²) in [6.45, 7) is 1.63. The molecular formula is C22H22Cl2N2O2. The van der Waals surface area contributed by atoms with Gasteiger partial charge in [-0.25, -0.2) is 0 Å². The van der Waals surface area contributed by atoms with Gasteiger partial charge in [0, 0.05) is 12.6 Å². The molecule has 0 saturated carbocycles. The number of nitrogens with zero attached hydrogens (tertiary/aromatic N) is 2. The smallest absolute Gasteiger partial charge is 0.216 e. The van der Waals surface area contributed by atoms with Crippen LogP contribution in [0.15, 0.2) is 42.5 Å². The molecule has 2 aromatic carbocycles. The van der Waals surface area contributed by atoms with Crippen molar-refractivity contribution < 1.29 is 9.59 Å². The minimum Gasteiger partial charge on any atom is -0.302 e. The van der Waals surface area contributed by atoms with Gasteiger partial charge in [-0.1, -0.05) is 53.5 Å². The molecule has 2 aliphatic rings. The molecule has 0 aliphatic carbocycles. The molecule has 0 amide bonds. The Balaban J connectivity index is 1.82. The van der Waals surface area contributed by atoms with Crippen molar-refractivity contribution >= 4 is 35.3 Å². The van der Waals surface area contributed by atoms with Gasteiger partial charge in [0.15, 0.2) is 6.29 Å². The standard InChI is InChI=1S/C22H22Cl2N2O2/c1-25-10-4-7-19(25)21(14-8-9-17(23)18(24)11-14)26-12-15-5-2-3-6-16(15)22(26)20(28)13-27/h2-3,5-6,8-9,11,13,19,21-22H,4,7,10,12H2,1H3/t19?,21-,22?/m0/s1. The molecule has 2 unspecified atom stereocenters. The van der Waals surface area contributed by atoms with Crippen LogP contribution in [0.5, 0.6) is 0 Å². The highest BCUT2D eigenvalue weighted by atomic mass is 35.5. The van der Waals surface area contributed by atoms with Crippen molar-refractivity contribution in [2.45, 2.75) is 37.5 Å². The maximum Gasteiger partial charge on any atom is 0.216 e. The number of Topliss-reactive ketones (excluding diaryl/α,β-unsaturated/α-hetero) is 1. The first kappa shape index (κ1) is 19.6. The van der Waals surface area contributed by atoms with E-state index in [1.165, 1.54) is 0 Å². The van der Waals surface area contributed by atoms with Crippen LogP contribution in [0.25, 0.3) is 0 Å². The molecule has 0 spiro atoms. The van der Waals surface area contributed by atoms with Crippen LogP contribution in [-0.2, 0) is 16.1 Å². The van der Waals surface area contributed by atoms with Gasteiger partial charge in [-0.05, 0) is 55.3 Å². The van der Waals surface area contributed by atoms with Gasteiger partial charge in [0.1, 0.15) is 6.04 Å². The van der Waals surface area contributed by atoms with Gasteiger partial charge in [-0.15, -0.1) is 0 Å². The summed E-state index contributed by atoms with van der Waals surface area (Å²) in [7, 11) is 2.11. The molecule has 146 valence electrons. The molecule has 28 heavy (non-hydrogen) atoms. The Morgan fingerprint density at radius 2 is 1.96 bits per heavy atom. The Kier molecular flexibility index (Phi) is 5.57. The van der Waals surface area contributed by atoms with E-state index < -0.39 is 11.8 Å². The number of carbonyl (C=O) groups is 2. The van der Waals surface area contributed by atoms with Crippen molar-refractivity contribution in [3.63, 3.8) is 0 Å². The van der Waals surface area contributed by atoms with Gasteiger partial charge in [0.2, 0.25) is 5.78 Å². The van der Waals surface area contributed by atoms with E-state index in [9.17, 15) is 9.59 Å². The van der Waals surface area contributed by atoms with Crippen LogP contribution in [0.1, 0.15) is 41.6 Å². The Morgan fingerprint density at radius 1 is 1.18 bits per heavy atom. The molecule has 3 atom stereocenters. The summed E-state index contributed by atoms with van der Waals surface area (Å²) in [4.78, 5) is 28.6. The summed E-state index contributed by atoms with van der Waals surface area (Å²) in [5, 5.41) is 1.01. The summed E-state index contributed by atoms with van der Waals surface area (Å²) in [5.74, 6) is -0.407. The molecule has 0 N–H and O–H groups in total. The molecule has 1 fully saturated rings. The molecule has 1 saturated heterocycles. The normalized spacial score (nSPS) is 23.5. The maximum atomic E-state index is 12.7. The second-order valence-electron chi connectivity index (χ2n) is 7.60. The average Bonchev–Trinajstić information content (AvgIpc) is 3.28. The van der Waals surface area contributed by atoms with Crippen molar-refractivity contribution in [3.05, 3.63) is 69.2 Å². The molecule has 2 aromatic rings. The number of likely N-dealkylation sites (tertiary alicyclic amines) is 1. The number of likely N-dealkylation sites (N-methyl/N-ethyl adjacent to an activating group) is 1. The first-order valence-corrected chi connectivity index (χ1v) is 10.2. The van der Waals surface area contributed by atoms with Gasteiger partial charge >= 0.3 is 0 Å². The fourth-order valence-electron chi connectivity index (χ4n) is 4.72. The van der Waals surface area contributed by atoms with Gasteiger partial charge in [-0.2, -0.15) is 0 Å². The number of hydrogen-bond acceptors (Lipinski definition) is 4. The summed E-state index contributed by atoms with van der Waals surface area (Å²) in [5.41, 5.74) is 3.03. The van der Waals surface area contributed by atoms with Crippen LogP contribution in [0.4, 0.5) is 0 Å². The third-order valence-electron chi connectivity index (χ3n) is 6.00. The number of benzene rings is 2. The first-order chi connectivity index (χ1) is 13.5. The summed E-state index contributed by atoms with van der Waals surface area (Å²) in [6.07, 6.45) is 2.58. The lowest BCUT2D eigenvalue weighted by Gasteiger charge is -2.39. The quantitative estimate of drug-likeness (QED) is 0.532. The second-order valence-corrected chi connectivity index (χ2v) is 8.42. The lowest BCUT2D eigenvalue weighted by atomic mass is 9.93. The zero-order valence-corrected chi connectivity index (χ0v) is 17.2. The number of hydrogen-bond donors (Lipinski definition) is 0. The lowest BCUT2D eigenvalue weighted by molar-refractivity contribution is -0.134. The van der Waals surface area contributed by atoms with Gasteiger partial charge in [0.25, 0.3) is 0 Å². The highest BCUT2D eigenvalue weighted by molar-refractivity contribution is 6.42. The highest BCUT2D eigenvalue weighted by Gasteiger charge is 2.44. The number of ketones is 1. The van der Waals surface area contributed by atoms with E-state index in [1.54, 1.807) is 6.07 Å². The molecule has 6 heteroatoms. The average molecular weight is 417 g/mol. The Bertz CT molecular complexity index is 917. The molecule has 4 nitrogen and oxygen atoms in total. The molecule has 2 aliphatic heterocycles. The molecule has 0 bridgehead atoms. The number of fused-ring (bicyclic) bond motifs is 1. The van der Waals surface area contributed by atoms with Gasteiger partial charge < -0.3 is 4.90 Å². The van der Waals surface area contributed by atoms with E-state index in [1.807, 2.05) is 36.4 Å². The lowest BCUT2D eigenvalue weighted by Crippen LogP contribution is -2.43. The van der Waals surface area contributed by atoms with Crippen molar-refractivity contribution in [2.75, 3.05) is 13.6 Å². The molecular weight excluding hydrogens is 395 g/mol. The monoisotopic (exact) mass is 416 g/mol. The van der Waals surface area contributed by atoms with Crippen molar-refractivity contribution in [1.29, 1.82) is 0 Å². The highest BCUT2D eigenvalue weighted by Crippen LogP contribution is 2.45. The first-order valence-electron chi connectivity index (χ1n) is 9.49. The van der Waals surface area contributed by atoms with Crippen molar-refractivity contribution in [3.8, 4) is 0 Å². The van der Waals surface area contributed by atoms with Gasteiger partial charge in [0.05, 0.1) is 16.1 Å². The summed E-state index contributed by atoms with van der Waals surface area (Å²) in [6, 6.07) is 13.2.